The zero-order chi connectivity index (χ0) is 29.2. The standard InChI is InChI=1S/C29H27F3N4O4/c1-35(2)16-24(37)36(3)23-13-11-19(15-21(23)29(30,31)32)33-26(17-8-6-5-7-9-17)25-20-12-10-18(28(39)40-4)14-22(20)34-27(25)38/h5-15,33H,16H2,1-4H3,(H,34,38). The first-order valence-electron chi connectivity index (χ1n) is 12.1. The lowest BCUT2D eigenvalue weighted by Crippen LogP contribution is -2.36. The highest BCUT2D eigenvalue weighted by Crippen LogP contribution is 2.41. The number of hydrogen-bond donors (Lipinski definition) is 2. The number of alkyl halides is 3. The molecule has 0 saturated carbocycles. The average Bonchev–Trinajstić information content (AvgIpc) is 3.24. The molecule has 0 aromatic heterocycles. The van der Waals surface area contributed by atoms with Gasteiger partial charge in [-0.1, -0.05) is 36.4 Å². The first-order chi connectivity index (χ1) is 18.9. The number of anilines is 3. The number of rotatable bonds is 7. The molecule has 3 aromatic carbocycles. The lowest BCUT2D eigenvalue weighted by molar-refractivity contribution is -0.137. The topological polar surface area (TPSA) is 91.0 Å². The maximum Gasteiger partial charge on any atom is 0.418 e. The summed E-state index contributed by atoms with van der Waals surface area (Å²) in [6.45, 7) is -0.0652. The Bertz CT molecular complexity index is 1500. The maximum absolute atomic E-state index is 14.2. The molecule has 8 nitrogen and oxygen atoms in total. The summed E-state index contributed by atoms with van der Waals surface area (Å²) in [4.78, 5) is 40.2. The van der Waals surface area contributed by atoms with E-state index < -0.39 is 29.5 Å². The number of carbonyl (C=O) groups is 3. The number of methoxy groups -OCH3 is 1. The largest absolute Gasteiger partial charge is 0.465 e. The lowest BCUT2D eigenvalue weighted by Gasteiger charge is -2.24. The van der Waals surface area contributed by atoms with E-state index in [-0.39, 0.29) is 34.8 Å². The zero-order valence-electron chi connectivity index (χ0n) is 22.2. The van der Waals surface area contributed by atoms with Crippen LogP contribution in [-0.2, 0) is 20.5 Å². The van der Waals surface area contributed by atoms with Crippen LogP contribution in [0.2, 0.25) is 0 Å². The average molecular weight is 553 g/mol. The molecule has 208 valence electrons. The van der Waals surface area contributed by atoms with Crippen LogP contribution in [0.4, 0.5) is 30.2 Å². The number of likely N-dealkylation sites (N-methyl/N-ethyl adjacent to an activating group) is 2. The molecule has 3 aromatic rings. The highest BCUT2D eigenvalue weighted by atomic mass is 19.4. The van der Waals surface area contributed by atoms with Crippen molar-refractivity contribution in [1.29, 1.82) is 0 Å². The van der Waals surface area contributed by atoms with Crippen molar-refractivity contribution in [2.24, 2.45) is 0 Å². The van der Waals surface area contributed by atoms with Gasteiger partial charge in [-0.2, -0.15) is 13.2 Å². The van der Waals surface area contributed by atoms with Crippen molar-refractivity contribution in [1.82, 2.24) is 4.90 Å². The molecule has 0 fully saturated rings. The third-order valence-electron chi connectivity index (χ3n) is 6.26. The van der Waals surface area contributed by atoms with Crippen LogP contribution in [0.3, 0.4) is 0 Å². The van der Waals surface area contributed by atoms with Crippen LogP contribution in [0.1, 0.15) is 27.0 Å². The van der Waals surface area contributed by atoms with Gasteiger partial charge in [0.25, 0.3) is 5.91 Å². The lowest BCUT2D eigenvalue weighted by atomic mass is 9.98. The van der Waals surface area contributed by atoms with Gasteiger partial charge in [-0.25, -0.2) is 4.79 Å². The van der Waals surface area contributed by atoms with Crippen molar-refractivity contribution in [3.63, 3.8) is 0 Å². The molecule has 2 amide bonds. The predicted octanol–water partition coefficient (Wildman–Crippen LogP) is 4.95. The van der Waals surface area contributed by atoms with Crippen molar-refractivity contribution < 1.29 is 32.3 Å². The molecular weight excluding hydrogens is 525 g/mol. The van der Waals surface area contributed by atoms with Crippen molar-refractivity contribution in [3.8, 4) is 0 Å². The Hall–Kier alpha value is -4.64. The van der Waals surface area contributed by atoms with Gasteiger partial charge in [0.15, 0.2) is 0 Å². The van der Waals surface area contributed by atoms with Gasteiger partial charge in [-0.3, -0.25) is 9.59 Å². The first kappa shape index (κ1) is 28.4. The Kier molecular flexibility index (Phi) is 7.96. The SMILES string of the molecule is COC(=O)c1ccc2c(c1)NC(=O)C2=C(Nc1ccc(N(C)C(=O)CN(C)C)c(C(F)(F)F)c1)c1ccccc1. The second-order valence-corrected chi connectivity index (χ2v) is 9.37. The number of fused-ring (bicyclic) bond motifs is 1. The summed E-state index contributed by atoms with van der Waals surface area (Å²) in [5.74, 6) is -1.58. The van der Waals surface area contributed by atoms with Crippen LogP contribution in [0.25, 0.3) is 11.3 Å². The summed E-state index contributed by atoms with van der Waals surface area (Å²) in [6.07, 6.45) is -4.76. The van der Waals surface area contributed by atoms with E-state index >= 15 is 0 Å². The summed E-state index contributed by atoms with van der Waals surface area (Å²) in [5.41, 5.74) is 0.819. The molecule has 4 rings (SSSR count). The molecule has 11 heteroatoms. The summed E-state index contributed by atoms with van der Waals surface area (Å²) >= 11 is 0. The van der Waals surface area contributed by atoms with E-state index in [4.69, 9.17) is 4.74 Å². The monoisotopic (exact) mass is 552 g/mol. The number of nitrogens with one attached hydrogen (secondary N) is 2. The van der Waals surface area contributed by atoms with E-state index in [9.17, 15) is 27.6 Å². The van der Waals surface area contributed by atoms with Gasteiger partial charge in [0.2, 0.25) is 5.91 Å². The van der Waals surface area contributed by atoms with Gasteiger partial charge >= 0.3 is 12.1 Å². The number of esters is 1. The Morgan fingerprint density at radius 2 is 1.65 bits per heavy atom. The van der Waals surface area contributed by atoms with E-state index in [0.29, 0.717) is 16.8 Å². The number of benzene rings is 3. The van der Waals surface area contributed by atoms with Crippen molar-refractivity contribution in [3.05, 3.63) is 89.0 Å². The molecule has 0 saturated heterocycles. The number of amides is 2. The molecule has 0 atom stereocenters. The van der Waals surface area contributed by atoms with Crippen molar-refractivity contribution >= 4 is 46.1 Å². The van der Waals surface area contributed by atoms with Crippen molar-refractivity contribution in [2.75, 3.05) is 50.3 Å². The van der Waals surface area contributed by atoms with E-state index in [0.717, 1.165) is 11.0 Å². The van der Waals surface area contributed by atoms with Gasteiger partial charge in [0.05, 0.1) is 47.4 Å². The van der Waals surface area contributed by atoms with E-state index in [2.05, 4.69) is 10.6 Å². The predicted molar refractivity (Wildman–Crippen MR) is 147 cm³/mol. The molecule has 0 unspecified atom stereocenters. The normalized spacial score (nSPS) is 13.9. The molecule has 0 bridgehead atoms. The molecule has 2 N–H and O–H groups in total. The highest BCUT2D eigenvalue weighted by molar-refractivity contribution is 6.37. The van der Waals surface area contributed by atoms with Gasteiger partial charge in [0.1, 0.15) is 0 Å². The quantitative estimate of drug-likeness (QED) is 0.319. The second kappa shape index (κ2) is 11.2. The Labute approximate surface area is 229 Å². The highest BCUT2D eigenvalue weighted by Gasteiger charge is 2.36. The van der Waals surface area contributed by atoms with Crippen LogP contribution in [0.15, 0.2) is 66.7 Å². The van der Waals surface area contributed by atoms with E-state index in [1.54, 1.807) is 55.4 Å². The summed E-state index contributed by atoms with van der Waals surface area (Å²) < 4.78 is 47.3. The smallest absolute Gasteiger partial charge is 0.418 e. The number of halogens is 3. The Morgan fingerprint density at radius 3 is 2.27 bits per heavy atom. The van der Waals surface area contributed by atoms with Gasteiger partial charge in [-0.15, -0.1) is 0 Å². The number of hydrogen-bond acceptors (Lipinski definition) is 6. The number of carbonyl (C=O) groups excluding carboxylic acids is 3. The summed E-state index contributed by atoms with van der Waals surface area (Å²) in [7, 11) is 5.84. The van der Waals surface area contributed by atoms with Crippen LogP contribution in [-0.4, -0.2) is 57.5 Å². The minimum absolute atomic E-state index is 0.0586. The Morgan fingerprint density at radius 1 is 0.950 bits per heavy atom. The third-order valence-corrected chi connectivity index (χ3v) is 6.26. The molecule has 0 spiro atoms. The Balaban J connectivity index is 1.83. The first-order valence-corrected chi connectivity index (χ1v) is 12.1. The summed E-state index contributed by atoms with van der Waals surface area (Å²) in [5, 5.41) is 5.73. The van der Waals surface area contributed by atoms with E-state index in [1.807, 2.05) is 0 Å². The number of nitrogens with zero attached hydrogens (tertiary/aromatic N) is 2. The molecule has 40 heavy (non-hydrogen) atoms. The molecule has 0 aliphatic carbocycles. The fraction of sp³-hybridized carbons (Fsp3) is 0.207. The fourth-order valence-corrected chi connectivity index (χ4v) is 4.34. The minimum Gasteiger partial charge on any atom is -0.465 e. The van der Waals surface area contributed by atoms with Crippen molar-refractivity contribution in [2.45, 2.75) is 6.18 Å². The van der Waals surface area contributed by atoms with Gasteiger partial charge in [0, 0.05) is 18.3 Å². The molecule has 0 radical (unpaired) electrons. The van der Waals surface area contributed by atoms with E-state index in [1.165, 1.54) is 38.4 Å². The van der Waals surface area contributed by atoms with Crippen LogP contribution in [0.5, 0.6) is 0 Å². The third kappa shape index (κ3) is 5.84. The number of ether oxygens (including phenoxy) is 1. The van der Waals surface area contributed by atoms with Crippen LogP contribution < -0.4 is 15.5 Å². The molecular formula is C29H27F3N4O4. The minimum atomic E-state index is -4.76. The van der Waals surface area contributed by atoms with Crippen LogP contribution >= 0.6 is 0 Å². The maximum atomic E-state index is 14.2. The molecule has 1 heterocycles. The fourth-order valence-electron chi connectivity index (χ4n) is 4.34. The zero-order valence-corrected chi connectivity index (χ0v) is 22.2. The molecule has 1 aliphatic heterocycles. The van der Waals surface area contributed by atoms with Crippen LogP contribution in [0, 0.1) is 0 Å². The second-order valence-electron chi connectivity index (χ2n) is 9.37. The summed E-state index contributed by atoms with van der Waals surface area (Å²) in [6, 6.07) is 16.8. The molecule has 1 aliphatic rings. The van der Waals surface area contributed by atoms with Gasteiger partial charge < -0.3 is 25.2 Å². The van der Waals surface area contributed by atoms with Gasteiger partial charge in [-0.05, 0) is 50.0 Å².